The highest BCUT2D eigenvalue weighted by molar-refractivity contribution is 5.89. The van der Waals surface area contributed by atoms with Crippen LogP contribution in [0.15, 0.2) is 41.3 Å². The van der Waals surface area contributed by atoms with Gasteiger partial charge in [0.05, 0.1) is 11.2 Å². The van der Waals surface area contributed by atoms with E-state index in [0.29, 0.717) is 32.2 Å². The summed E-state index contributed by atoms with van der Waals surface area (Å²) in [6, 6.07) is 9.70. The van der Waals surface area contributed by atoms with Gasteiger partial charge in [-0.05, 0) is 75.3 Å². The van der Waals surface area contributed by atoms with Gasteiger partial charge in [-0.3, -0.25) is 19.6 Å². The maximum atomic E-state index is 12.7. The van der Waals surface area contributed by atoms with Gasteiger partial charge >= 0.3 is 11.7 Å². The molecule has 5 N–H and O–H groups in total. The first-order chi connectivity index (χ1) is 18.5. The predicted molar refractivity (Wildman–Crippen MR) is 157 cm³/mol. The van der Waals surface area contributed by atoms with Gasteiger partial charge in [0.25, 0.3) is 0 Å². The Bertz CT molecular complexity index is 1260. The number of likely N-dealkylation sites (tertiary alicyclic amines) is 1. The Labute approximate surface area is 241 Å². The van der Waals surface area contributed by atoms with Crippen LogP contribution in [0.4, 0.5) is 10.6 Å². The third kappa shape index (κ3) is 6.33. The second-order valence-electron chi connectivity index (χ2n) is 11.8. The number of hydrogen-bond acceptors (Lipinski definition) is 7. The average Bonchev–Trinajstić information content (AvgIpc) is 3.38. The molecular weight excluding hydrogens is 532 g/mol. The van der Waals surface area contributed by atoms with E-state index in [1.54, 1.807) is 35.9 Å². The second kappa shape index (κ2) is 11.9. The molecule has 5 rings (SSSR count). The van der Waals surface area contributed by atoms with E-state index in [-0.39, 0.29) is 30.2 Å². The molecule has 3 aliphatic rings. The SMILES string of the molecule is C[C@H](Cc1ccc(-n2ccc(NC(=O)N3CCN(C(=O)C(C)(C)N)CC3)nc2=O)cc1)N1CC2C(CN)C2C1.Cl. The van der Waals surface area contributed by atoms with Crippen molar-refractivity contribution in [2.45, 2.75) is 38.8 Å². The van der Waals surface area contributed by atoms with Crippen LogP contribution in [0.3, 0.4) is 0 Å². The molecule has 2 saturated heterocycles. The van der Waals surface area contributed by atoms with Gasteiger partial charge < -0.3 is 21.3 Å². The molecule has 3 heterocycles. The highest BCUT2D eigenvalue weighted by atomic mass is 35.5. The Kier molecular flexibility index (Phi) is 8.89. The van der Waals surface area contributed by atoms with Gasteiger partial charge in [0.2, 0.25) is 5.91 Å². The zero-order valence-corrected chi connectivity index (χ0v) is 24.3. The number of fused-ring (bicyclic) bond motifs is 1. The Morgan fingerprint density at radius 1 is 1.05 bits per heavy atom. The van der Waals surface area contributed by atoms with Crippen molar-refractivity contribution >= 4 is 30.2 Å². The molecule has 11 nitrogen and oxygen atoms in total. The molecule has 1 aromatic heterocycles. The number of nitrogens with one attached hydrogen (secondary N) is 1. The lowest BCUT2D eigenvalue weighted by Gasteiger charge is -2.37. The van der Waals surface area contributed by atoms with Crippen LogP contribution < -0.4 is 22.5 Å². The summed E-state index contributed by atoms with van der Waals surface area (Å²) in [7, 11) is 0. The van der Waals surface area contributed by atoms with Crippen molar-refractivity contribution in [1.82, 2.24) is 24.3 Å². The molecule has 0 bridgehead atoms. The first kappa shape index (κ1) is 30.0. The van der Waals surface area contributed by atoms with E-state index >= 15 is 0 Å². The number of nitrogens with zero attached hydrogens (tertiary/aromatic N) is 5. The second-order valence-corrected chi connectivity index (χ2v) is 11.8. The molecule has 3 fully saturated rings. The summed E-state index contributed by atoms with van der Waals surface area (Å²) in [5.74, 6) is 2.36. The molecule has 12 heteroatoms. The standard InChI is InChI=1S/C28H40N8O3.ClH/c1-18(35-16-22-21(15-29)23(22)17-35)14-19-4-6-20(7-5-19)36-9-8-24(32-27(36)39)31-26(38)34-12-10-33(11-13-34)25(37)28(2,3)30;/h4-9,18,21-23H,10-17,29-30H2,1-3H3,(H,31,32,38,39);1H/t18-,21?,22?,23?;/m1./s1. The summed E-state index contributed by atoms with van der Waals surface area (Å²) < 4.78 is 1.46. The number of nitrogens with two attached hydrogens (primary N) is 2. The van der Waals surface area contributed by atoms with Crippen molar-refractivity contribution in [2.24, 2.45) is 29.2 Å². The zero-order valence-electron chi connectivity index (χ0n) is 23.5. The first-order valence-electron chi connectivity index (χ1n) is 13.8. The summed E-state index contributed by atoms with van der Waals surface area (Å²) in [6.45, 7) is 10.3. The van der Waals surface area contributed by atoms with Gasteiger partial charge in [-0.15, -0.1) is 12.4 Å². The number of rotatable bonds is 7. The zero-order chi connectivity index (χ0) is 27.9. The maximum absolute atomic E-state index is 12.7. The van der Waals surface area contributed by atoms with Crippen molar-refractivity contribution in [1.29, 1.82) is 0 Å². The number of hydrogen-bond donors (Lipinski definition) is 3. The number of aromatic nitrogens is 2. The lowest BCUT2D eigenvalue weighted by atomic mass is 10.0. The number of carbonyl (C=O) groups excluding carboxylic acids is 2. The van der Waals surface area contributed by atoms with Crippen molar-refractivity contribution in [2.75, 3.05) is 51.1 Å². The van der Waals surface area contributed by atoms with Crippen molar-refractivity contribution in [3.8, 4) is 5.69 Å². The summed E-state index contributed by atoms with van der Waals surface area (Å²) in [6.07, 6.45) is 2.57. The van der Waals surface area contributed by atoms with Crippen LogP contribution in [0.1, 0.15) is 26.3 Å². The molecule has 1 aromatic carbocycles. The van der Waals surface area contributed by atoms with Crippen LogP contribution in [-0.2, 0) is 11.2 Å². The molecule has 0 radical (unpaired) electrons. The van der Waals surface area contributed by atoms with Crippen molar-refractivity contribution < 1.29 is 9.59 Å². The van der Waals surface area contributed by atoms with E-state index in [9.17, 15) is 14.4 Å². The van der Waals surface area contributed by atoms with Crippen LogP contribution in [0, 0.1) is 17.8 Å². The number of piperazine rings is 1. The molecule has 2 aliphatic heterocycles. The van der Waals surface area contributed by atoms with Gasteiger partial charge in [-0.25, -0.2) is 9.59 Å². The van der Waals surface area contributed by atoms with Gasteiger partial charge in [0.1, 0.15) is 5.82 Å². The van der Waals surface area contributed by atoms with E-state index in [2.05, 4.69) is 34.3 Å². The topological polar surface area (TPSA) is 143 Å². The minimum atomic E-state index is -0.945. The highest BCUT2D eigenvalue weighted by Gasteiger charge is 2.55. The smallest absolute Gasteiger partial charge is 0.338 e. The summed E-state index contributed by atoms with van der Waals surface area (Å²) in [5.41, 5.74) is 12.3. The molecule has 2 aromatic rings. The number of urea groups is 1. The van der Waals surface area contributed by atoms with Gasteiger partial charge in [-0.2, -0.15) is 4.98 Å². The van der Waals surface area contributed by atoms with Crippen LogP contribution in [0.25, 0.3) is 5.69 Å². The number of anilines is 1. The third-order valence-corrected chi connectivity index (χ3v) is 8.48. The Morgan fingerprint density at radius 3 is 2.20 bits per heavy atom. The molecule has 3 atom stereocenters. The fourth-order valence-corrected chi connectivity index (χ4v) is 6.03. The minimum Gasteiger partial charge on any atom is -0.338 e. The molecule has 1 aliphatic carbocycles. The molecular formula is C28H41ClN8O3. The average molecular weight is 573 g/mol. The molecule has 40 heavy (non-hydrogen) atoms. The fraction of sp³-hybridized carbons (Fsp3) is 0.571. The number of benzene rings is 1. The Balaban J connectivity index is 0.00000370. The quantitative estimate of drug-likeness (QED) is 0.451. The molecule has 0 spiro atoms. The van der Waals surface area contributed by atoms with Crippen LogP contribution >= 0.6 is 12.4 Å². The third-order valence-electron chi connectivity index (χ3n) is 8.48. The predicted octanol–water partition coefficient (Wildman–Crippen LogP) is 1.14. The minimum absolute atomic E-state index is 0. The van der Waals surface area contributed by atoms with Crippen LogP contribution in [0.2, 0.25) is 0 Å². The number of halogens is 1. The maximum Gasteiger partial charge on any atom is 0.354 e. The molecule has 3 amide bonds. The number of carbonyl (C=O) groups is 2. The normalized spacial score (nSPS) is 23.3. The van der Waals surface area contributed by atoms with Crippen LogP contribution in [0.5, 0.6) is 0 Å². The monoisotopic (exact) mass is 572 g/mol. The lowest BCUT2D eigenvalue weighted by Crippen LogP contribution is -2.58. The highest BCUT2D eigenvalue weighted by Crippen LogP contribution is 2.51. The Morgan fingerprint density at radius 2 is 1.65 bits per heavy atom. The van der Waals surface area contributed by atoms with E-state index in [0.717, 1.165) is 49.5 Å². The fourth-order valence-electron chi connectivity index (χ4n) is 6.03. The Hall–Kier alpha value is -2.99. The van der Waals surface area contributed by atoms with E-state index < -0.39 is 11.2 Å². The summed E-state index contributed by atoms with van der Waals surface area (Å²) in [4.78, 5) is 47.7. The summed E-state index contributed by atoms with van der Waals surface area (Å²) >= 11 is 0. The van der Waals surface area contributed by atoms with Gasteiger partial charge in [0, 0.05) is 51.5 Å². The van der Waals surface area contributed by atoms with Gasteiger partial charge in [-0.1, -0.05) is 12.1 Å². The van der Waals surface area contributed by atoms with E-state index in [1.165, 1.54) is 10.1 Å². The van der Waals surface area contributed by atoms with E-state index in [1.807, 2.05) is 12.1 Å². The lowest BCUT2D eigenvalue weighted by molar-refractivity contribution is -0.137. The molecule has 2 unspecified atom stereocenters. The number of piperidine rings is 1. The van der Waals surface area contributed by atoms with E-state index in [4.69, 9.17) is 11.5 Å². The number of amides is 3. The largest absolute Gasteiger partial charge is 0.354 e. The molecule has 1 saturated carbocycles. The summed E-state index contributed by atoms with van der Waals surface area (Å²) in [5, 5.41) is 2.70. The van der Waals surface area contributed by atoms with Gasteiger partial charge in [0.15, 0.2) is 0 Å². The van der Waals surface area contributed by atoms with Crippen molar-refractivity contribution in [3.05, 3.63) is 52.6 Å². The molecule has 218 valence electrons. The van der Waals surface area contributed by atoms with Crippen LogP contribution in [-0.4, -0.2) is 93.6 Å². The first-order valence-corrected chi connectivity index (χ1v) is 13.8. The van der Waals surface area contributed by atoms with Crippen molar-refractivity contribution in [3.63, 3.8) is 0 Å².